The molecule has 8 nitrogen and oxygen atoms in total. The summed E-state index contributed by atoms with van der Waals surface area (Å²) in [5, 5.41) is 29.9. The molecule has 0 saturated carbocycles. The molecule has 0 bridgehead atoms. The van der Waals surface area contributed by atoms with Crippen molar-refractivity contribution in [3.8, 4) is 22.8 Å². The van der Waals surface area contributed by atoms with Crippen molar-refractivity contribution in [2.24, 2.45) is 0 Å². The zero-order valence-electron chi connectivity index (χ0n) is 16.8. The predicted molar refractivity (Wildman–Crippen MR) is 115 cm³/mol. The number of rotatable bonds is 4. The van der Waals surface area contributed by atoms with Gasteiger partial charge in [0.15, 0.2) is 0 Å². The number of phenolic OH excluding ortho intramolecular Hbond substituents is 2. The highest BCUT2D eigenvalue weighted by atomic mass is 35.5. The second-order valence-electron chi connectivity index (χ2n) is 7.41. The number of carbonyl (C=O) groups excluding carboxylic acids is 2. The van der Waals surface area contributed by atoms with Crippen LogP contribution in [0, 0.1) is 6.92 Å². The highest BCUT2D eigenvalue weighted by Crippen LogP contribution is 2.39. The van der Waals surface area contributed by atoms with Crippen molar-refractivity contribution in [2.75, 3.05) is 13.1 Å². The van der Waals surface area contributed by atoms with Gasteiger partial charge >= 0.3 is 0 Å². The van der Waals surface area contributed by atoms with Crippen molar-refractivity contribution in [1.82, 2.24) is 20.4 Å². The van der Waals surface area contributed by atoms with E-state index in [0.717, 1.165) is 22.9 Å². The first-order valence-corrected chi connectivity index (χ1v) is 10.1. The molecule has 160 valence electrons. The van der Waals surface area contributed by atoms with Crippen LogP contribution >= 0.6 is 11.6 Å². The molecular formula is C22H21ClN4O4. The molecule has 0 saturated heterocycles. The number of carbonyl (C=O) groups is 2. The lowest BCUT2D eigenvalue weighted by Gasteiger charge is -2.27. The number of benzene rings is 2. The van der Waals surface area contributed by atoms with Crippen molar-refractivity contribution in [3.63, 3.8) is 0 Å². The molecule has 0 aliphatic carbocycles. The summed E-state index contributed by atoms with van der Waals surface area (Å²) in [7, 11) is 0. The van der Waals surface area contributed by atoms with Gasteiger partial charge in [-0.1, -0.05) is 29.8 Å². The monoisotopic (exact) mass is 440 g/mol. The Balaban J connectivity index is 1.48. The molecule has 0 fully saturated rings. The molecule has 0 unspecified atom stereocenters. The minimum atomic E-state index is -0.295. The van der Waals surface area contributed by atoms with E-state index in [2.05, 4.69) is 15.5 Å². The van der Waals surface area contributed by atoms with E-state index in [9.17, 15) is 19.8 Å². The first-order valence-electron chi connectivity index (χ1n) is 9.74. The molecule has 0 radical (unpaired) electrons. The first kappa shape index (κ1) is 20.7. The van der Waals surface area contributed by atoms with E-state index in [0.29, 0.717) is 29.8 Å². The van der Waals surface area contributed by atoms with Crippen LogP contribution in [0.1, 0.15) is 27.2 Å². The van der Waals surface area contributed by atoms with Gasteiger partial charge in [0, 0.05) is 48.0 Å². The maximum Gasteiger partial charge on any atom is 0.251 e. The SMILES string of the molecule is Cc1ccccc1C(=O)NCC(=O)N1CCc2[nH]nc(-c3cc(Cl)c(O)cc3O)c2C1. The molecular weight excluding hydrogens is 420 g/mol. The number of aromatic amines is 1. The standard InChI is InChI=1S/C22H21ClN4O4/c1-12-4-2-3-5-13(12)22(31)24-10-20(30)27-7-6-17-15(11-27)21(26-25-17)14-8-16(23)19(29)9-18(14)28/h2-5,8-9,28-29H,6-7,10-11H2,1H3,(H,24,31)(H,25,26). The number of halogens is 1. The average Bonchev–Trinajstić information content (AvgIpc) is 3.17. The number of phenols is 2. The Labute approximate surface area is 183 Å². The predicted octanol–water partition coefficient (Wildman–Crippen LogP) is 2.76. The van der Waals surface area contributed by atoms with Gasteiger partial charge in [-0.2, -0.15) is 5.10 Å². The Bertz CT molecular complexity index is 1170. The summed E-state index contributed by atoms with van der Waals surface area (Å²) in [4.78, 5) is 26.8. The van der Waals surface area contributed by atoms with Crippen LogP contribution in [0.4, 0.5) is 0 Å². The summed E-state index contributed by atoms with van der Waals surface area (Å²) in [6.45, 7) is 2.48. The number of nitrogens with one attached hydrogen (secondary N) is 2. The molecule has 1 aromatic heterocycles. The van der Waals surface area contributed by atoms with Crippen molar-refractivity contribution in [2.45, 2.75) is 19.9 Å². The van der Waals surface area contributed by atoms with Gasteiger partial charge in [0.05, 0.1) is 11.6 Å². The van der Waals surface area contributed by atoms with Crippen LogP contribution in [-0.2, 0) is 17.8 Å². The third kappa shape index (κ3) is 4.06. The van der Waals surface area contributed by atoms with E-state index in [4.69, 9.17) is 11.6 Å². The fourth-order valence-corrected chi connectivity index (χ4v) is 3.83. The quantitative estimate of drug-likeness (QED) is 0.497. The van der Waals surface area contributed by atoms with Gasteiger partial charge in [-0.05, 0) is 24.6 Å². The van der Waals surface area contributed by atoms with Crippen LogP contribution in [0.25, 0.3) is 11.3 Å². The van der Waals surface area contributed by atoms with Gasteiger partial charge in [0.25, 0.3) is 5.91 Å². The topological polar surface area (TPSA) is 119 Å². The van der Waals surface area contributed by atoms with Crippen molar-refractivity contribution in [3.05, 3.63) is 63.8 Å². The Kier molecular flexibility index (Phi) is 5.56. The highest BCUT2D eigenvalue weighted by Gasteiger charge is 2.27. The number of aryl methyl sites for hydroxylation is 1. The normalized spacial score (nSPS) is 13.0. The minimum absolute atomic E-state index is 0.0900. The number of hydrogen-bond donors (Lipinski definition) is 4. The molecule has 3 aromatic rings. The average molecular weight is 441 g/mol. The Morgan fingerprint density at radius 1 is 1.23 bits per heavy atom. The van der Waals surface area contributed by atoms with E-state index in [1.807, 2.05) is 19.1 Å². The van der Waals surface area contributed by atoms with Crippen LogP contribution < -0.4 is 5.32 Å². The molecule has 4 N–H and O–H groups in total. The minimum Gasteiger partial charge on any atom is -0.507 e. The molecule has 2 amide bonds. The fourth-order valence-electron chi connectivity index (χ4n) is 3.66. The summed E-state index contributed by atoms with van der Waals surface area (Å²) < 4.78 is 0. The van der Waals surface area contributed by atoms with E-state index in [-0.39, 0.29) is 41.4 Å². The second-order valence-corrected chi connectivity index (χ2v) is 7.82. The summed E-state index contributed by atoms with van der Waals surface area (Å²) >= 11 is 5.99. The molecule has 2 heterocycles. The molecule has 1 aliphatic rings. The smallest absolute Gasteiger partial charge is 0.251 e. The lowest BCUT2D eigenvalue weighted by Crippen LogP contribution is -2.42. The van der Waals surface area contributed by atoms with E-state index >= 15 is 0 Å². The first-order chi connectivity index (χ1) is 14.8. The second kappa shape index (κ2) is 8.31. The molecule has 4 rings (SSSR count). The summed E-state index contributed by atoms with van der Waals surface area (Å²) in [5.41, 5.74) is 3.84. The van der Waals surface area contributed by atoms with Gasteiger partial charge in [-0.25, -0.2) is 0 Å². The number of amides is 2. The molecule has 2 aromatic carbocycles. The third-order valence-corrected chi connectivity index (χ3v) is 5.70. The summed E-state index contributed by atoms with van der Waals surface area (Å²) in [6.07, 6.45) is 0.562. The number of fused-ring (bicyclic) bond motifs is 1. The largest absolute Gasteiger partial charge is 0.507 e. The maximum absolute atomic E-state index is 12.7. The number of H-pyrrole nitrogens is 1. The van der Waals surface area contributed by atoms with Crippen LogP contribution in [0.5, 0.6) is 11.5 Å². The van der Waals surface area contributed by atoms with Crippen LogP contribution in [0.3, 0.4) is 0 Å². The molecule has 9 heteroatoms. The maximum atomic E-state index is 12.7. The van der Waals surface area contributed by atoms with Gasteiger partial charge in [-0.15, -0.1) is 0 Å². The summed E-state index contributed by atoms with van der Waals surface area (Å²) in [5.74, 6) is -0.900. The van der Waals surface area contributed by atoms with Gasteiger partial charge in [0.2, 0.25) is 5.91 Å². The van der Waals surface area contributed by atoms with Crippen molar-refractivity contribution in [1.29, 1.82) is 0 Å². The van der Waals surface area contributed by atoms with Crippen LogP contribution in [0.15, 0.2) is 36.4 Å². The molecule has 1 aliphatic heterocycles. The van der Waals surface area contributed by atoms with E-state index in [1.54, 1.807) is 17.0 Å². The molecule has 0 atom stereocenters. The highest BCUT2D eigenvalue weighted by molar-refractivity contribution is 6.32. The number of hydrogen-bond acceptors (Lipinski definition) is 5. The Morgan fingerprint density at radius 2 is 2.00 bits per heavy atom. The lowest BCUT2D eigenvalue weighted by atomic mass is 10.00. The molecule has 31 heavy (non-hydrogen) atoms. The van der Waals surface area contributed by atoms with Gasteiger partial charge in [-0.3, -0.25) is 14.7 Å². The van der Waals surface area contributed by atoms with E-state index in [1.165, 1.54) is 6.07 Å². The van der Waals surface area contributed by atoms with Crippen LogP contribution in [0.2, 0.25) is 5.02 Å². The zero-order valence-corrected chi connectivity index (χ0v) is 17.5. The summed E-state index contributed by atoms with van der Waals surface area (Å²) in [6, 6.07) is 9.78. The van der Waals surface area contributed by atoms with Crippen molar-refractivity contribution >= 4 is 23.4 Å². The van der Waals surface area contributed by atoms with Gasteiger partial charge < -0.3 is 20.4 Å². The lowest BCUT2D eigenvalue weighted by molar-refractivity contribution is -0.131. The van der Waals surface area contributed by atoms with Crippen LogP contribution in [-0.4, -0.2) is 50.2 Å². The van der Waals surface area contributed by atoms with Gasteiger partial charge in [0.1, 0.15) is 17.2 Å². The Morgan fingerprint density at radius 3 is 2.77 bits per heavy atom. The molecule has 0 spiro atoms. The van der Waals surface area contributed by atoms with E-state index < -0.39 is 0 Å². The Hall–Kier alpha value is -3.52. The fraction of sp³-hybridized carbons (Fsp3) is 0.227. The third-order valence-electron chi connectivity index (χ3n) is 5.40. The number of aromatic hydroxyl groups is 2. The number of nitrogens with zero attached hydrogens (tertiary/aromatic N) is 2. The number of aromatic nitrogens is 2. The van der Waals surface area contributed by atoms with Crippen molar-refractivity contribution < 1.29 is 19.8 Å². The zero-order chi connectivity index (χ0) is 22.1.